The fraction of sp³-hybridized carbons (Fsp3) is 0.688. The number of nitrogens with zero attached hydrogens (tertiary/aromatic N) is 2. The third-order valence-corrected chi connectivity index (χ3v) is 4.47. The van der Waals surface area contributed by atoms with Crippen molar-refractivity contribution in [2.45, 2.75) is 51.8 Å². The molecule has 0 radical (unpaired) electrons. The van der Waals surface area contributed by atoms with Gasteiger partial charge in [-0.25, -0.2) is 0 Å². The van der Waals surface area contributed by atoms with Crippen molar-refractivity contribution < 1.29 is 5.11 Å². The van der Waals surface area contributed by atoms with Gasteiger partial charge in [-0.05, 0) is 50.3 Å². The van der Waals surface area contributed by atoms with E-state index < -0.39 is 0 Å². The Hall–Kier alpha value is -0.930. The quantitative estimate of drug-likeness (QED) is 0.906. The second kappa shape index (κ2) is 6.49. The zero-order valence-corrected chi connectivity index (χ0v) is 12.3. The molecule has 3 heteroatoms. The molecule has 0 aromatic carbocycles. The molecule has 1 N–H and O–H groups in total. The lowest BCUT2D eigenvalue weighted by Crippen LogP contribution is -2.46. The molecule has 1 aromatic heterocycles. The highest BCUT2D eigenvalue weighted by atomic mass is 16.3. The summed E-state index contributed by atoms with van der Waals surface area (Å²) in [5.74, 6) is 1.44. The van der Waals surface area contributed by atoms with Crippen LogP contribution in [0.3, 0.4) is 0 Å². The van der Waals surface area contributed by atoms with Gasteiger partial charge in [0.05, 0.1) is 11.8 Å². The molecule has 1 saturated carbocycles. The van der Waals surface area contributed by atoms with E-state index in [1.54, 1.807) is 0 Å². The first-order chi connectivity index (χ1) is 9.08. The number of aliphatic hydroxyl groups is 1. The molecule has 2 rings (SSSR count). The maximum absolute atomic E-state index is 10.3. The van der Waals surface area contributed by atoms with Crippen molar-refractivity contribution in [2.24, 2.45) is 11.8 Å². The molecule has 1 aliphatic rings. The molecular formula is C16H26N2O. The predicted molar refractivity (Wildman–Crippen MR) is 77.7 cm³/mol. The van der Waals surface area contributed by atoms with Crippen molar-refractivity contribution in [2.75, 3.05) is 7.05 Å². The Morgan fingerprint density at radius 2 is 2.16 bits per heavy atom. The predicted octanol–water partition coefficient (Wildman–Crippen LogP) is 2.70. The van der Waals surface area contributed by atoms with Crippen LogP contribution in [0.1, 0.15) is 38.8 Å². The Bertz CT molecular complexity index is 380. The van der Waals surface area contributed by atoms with Crippen molar-refractivity contribution in [3.8, 4) is 0 Å². The molecule has 0 aliphatic heterocycles. The highest BCUT2D eigenvalue weighted by Crippen LogP contribution is 2.32. The highest BCUT2D eigenvalue weighted by Gasteiger charge is 2.33. The summed E-state index contributed by atoms with van der Waals surface area (Å²) in [6.45, 7) is 5.39. The van der Waals surface area contributed by atoms with Gasteiger partial charge < -0.3 is 5.11 Å². The van der Waals surface area contributed by atoms with Crippen LogP contribution in [0.5, 0.6) is 0 Å². The van der Waals surface area contributed by atoms with E-state index in [0.717, 1.165) is 37.4 Å². The van der Waals surface area contributed by atoms with Crippen LogP contribution in [0.4, 0.5) is 0 Å². The monoisotopic (exact) mass is 262 g/mol. The fourth-order valence-electron chi connectivity index (χ4n) is 3.11. The van der Waals surface area contributed by atoms with Gasteiger partial charge in [-0.1, -0.05) is 19.9 Å². The summed E-state index contributed by atoms with van der Waals surface area (Å²) in [6.07, 6.45) is 4.83. The van der Waals surface area contributed by atoms with Crippen LogP contribution in [-0.4, -0.2) is 34.2 Å². The first kappa shape index (κ1) is 14.5. The molecule has 3 nitrogen and oxygen atoms in total. The van der Waals surface area contributed by atoms with Crippen LogP contribution in [0.25, 0.3) is 0 Å². The van der Waals surface area contributed by atoms with Gasteiger partial charge in [0.1, 0.15) is 0 Å². The van der Waals surface area contributed by atoms with Gasteiger partial charge >= 0.3 is 0 Å². The van der Waals surface area contributed by atoms with E-state index in [1.165, 1.54) is 0 Å². The van der Waals surface area contributed by atoms with Crippen molar-refractivity contribution in [1.29, 1.82) is 0 Å². The molecule has 3 atom stereocenters. The number of pyridine rings is 1. The number of hydrogen-bond acceptors (Lipinski definition) is 3. The Kier molecular flexibility index (Phi) is 4.94. The molecule has 1 aliphatic carbocycles. The van der Waals surface area contributed by atoms with Crippen molar-refractivity contribution in [3.05, 3.63) is 30.1 Å². The molecular weight excluding hydrogens is 236 g/mol. The minimum Gasteiger partial charge on any atom is -0.391 e. The smallest absolute Gasteiger partial charge is 0.0695 e. The summed E-state index contributed by atoms with van der Waals surface area (Å²) >= 11 is 0. The maximum atomic E-state index is 10.3. The first-order valence-electron chi connectivity index (χ1n) is 7.36. The van der Waals surface area contributed by atoms with Crippen LogP contribution >= 0.6 is 0 Å². The summed E-state index contributed by atoms with van der Waals surface area (Å²) in [4.78, 5) is 6.63. The van der Waals surface area contributed by atoms with Crippen LogP contribution in [0.15, 0.2) is 24.4 Å². The average molecular weight is 262 g/mol. The molecule has 1 heterocycles. The summed E-state index contributed by atoms with van der Waals surface area (Å²) in [7, 11) is 2.10. The van der Waals surface area contributed by atoms with E-state index >= 15 is 0 Å². The maximum Gasteiger partial charge on any atom is 0.0695 e. The second-order valence-corrected chi connectivity index (χ2v) is 6.19. The first-order valence-corrected chi connectivity index (χ1v) is 7.36. The summed E-state index contributed by atoms with van der Waals surface area (Å²) in [5, 5.41) is 10.3. The van der Waals surface area contributed by atoms with Crippen LogP contribution in [0, 0.1) is 11.8 Å². The molecule has 3 unspecified atom stereocenters. The topological polar surface area (TPSA) is 36.4 Å². The van der Waals surface area contributed by atoms with Gasteiger partial charge in [-0.15, -0.1) is 0 Å². The third-order valence-electron chi connectivity index (χ3n) is 4.47. The number of hydrogen-bond donors (Lipinski definition) is 1. The SMILES string of the molecule is CC(C)C1CCC(O)C(N(C)Cc2ccccn2)C1. The minimum absolute atomic E-state index is 0.191. The Balaban J connectivity index is 1.98. The lowest BCUT2D eigenvalue weighted by molar-refractivity contribution is 0.00274. The van der Waals surface area contributed by atoms with Crippen LogP contribution in [-0.2, 0) is 6.54 Å². The van der Waals surface area contributed by atoms with Gasteiger partial charge in [0.15, 0.2) is 0 Å². The van der Waals surface area contributed by atoms with Gasteiger partial charge in [0.25, 0.3) is 0 Å². The molecule has 1 aromatic rings. The van der Waals surface area contributed by atoms with E-state index in [2.05, 4.69) is 30.8 Å². The Morgan fingerprint density at radius 3 is 2.79 bits per heavy atom. The number of rotatable bonds is 4. The van der Waals surface area contributed by atoms with Crippen molar-refractivity contribution >= 4 is 0 Å². The number of aromatic nitrogens is 1. The Morgan fingerprint density at radius 1 is 1.37 bits per heavy atom. The summed E-state index contributed by atoms with van der Waals surface area (Å²) in [6, 6.07) is 6.27. The molecule has 0 amide bonds. The van der Waals surface area contributed by atoms with E-state index in [9.17, 15) is 5.11 Å². The van der Waals surface area contributed by atoms with E-state index in [1.807, 2.05) is 24.4 Å². The standard InChI is InChI=1S/C16H26N2O/c1-12(2)13-7-8-16(19)15(10-13)18(3)11-14-6-4-5-9-17-14/h4-6,9,12-13,15-16,19H,7-8,10-11H2,1-3H3. The van der Waals surface area contributed by atoms with Gasteiger partial charge in [-0.3, -0.25) is 9.88 Å². The van der Waals surface area contributed by atoms with Gasteiger partial charge in [0, 0.05) is 18.8 Å². The molecule has 0 spiro atoms. The molecule has 1 fully saturated rings. The average Bonchev–Trinajstić information content (AvgIpc) is 2.40. The second-order valence-electron chi connectivity index (χ2n) is 6.19. The third kappa shape index (κ3) is 3.77. The largest absolute Gasteiger partial charge is 0.391 e. The van der Waals surface area contributed by atoms with Crippen molar-refractivity contribution in [1.82, 2.24) is 9.88 Å². The minimum atomic E-state index is -0.191. The lowest BCUT2D eigenvalue weighted by Gasteiger charge is -2.40. The highest BCUT2D eigenvalue weighted by molar-refractivity contribution is 5.03. The molecule has 0 saturated heterocycles. The normalized spacial score (nSPS) is 28.0. The van der Waals surface area contributed by atoms with E-state index in [0.29, 0.717) is 5.92 Å². The van der Waals surface area contributed by atoms with Crippen LogP contribution in [0.2, 0.25) is 0 Å². The van der Waals surface area contributed by atoms with Gasteiger partial charge in [0.2, 0.25) is 0 Å². The Labute approximate surface area is 116 Å². The number of likely N-dealkylation sites (N-methyl/N-ethyl adjacent to an activating group) is 1. The summed E-state index contributed by atoms with van der Waals surface area (Å²) < 4.78 is 0. The molecule has 19 heavy (non-hydrogen) atoms. The number of aliphatic hydroxyl groups excluding tert-OH is 1. The van der Waals surface area contributed by atoms with E-state index in [4.69, 9.17) is 0 Å². The zero-order chi connectivity index (χ0) is 13.8. The van der Waals surface area contributed by atoms with Gasteiger partial charge in [-0.2, -0.15) is 0 Å². The lowest BCUT2D eigenvalue weighted by atomic mass is 9.77. The van der Waals surface area contributed by atoms with Crippen molar-refractivity contribution in [3.63, 3.8) is 0 Å². The van der Waals surface area contributed by atoms with E-state index in [-0.39, 0.29) is 12.1 Å². The molecule has 0 bridgehead atoms. The fourth-order valence-corrected chi connectivity index (χ4v) is 3.11. The zero-order valence-electron chi connectivity index (χ0n) is 12.3. The van der Waals surface area contributed by atoms with Crippen LogP contribution < -0.4 is 0 Å². The summed E-state index contributed by atoms with van der Waals surface area (Å²) in [5.41, 5.74) is 1.07. The molecule has 106 valence electrons.